The number of furan rings is 1. The van der Waals surface area contributed by atoms with Crippen LogP contribution >= 0.6 is 24.0 Å². The number of rotatable bonds is 7. The lowest BCUT2D eigenvalue weighted by Crippen LogP contribution is -2.37. The smallest absolute Gasteiger partial charge is 0.291 e. The zero-order valence-electron chi connectivity index (χ0n) is 18.0. The second kappa shape index (κ2) is 11.5. The van der Waals surface area contributed by atoms with E-state index in [0.29, 0.717) is 24.7 Å². The van der Waals surface area contributed by atoms with E-state index in [1.807, 2.05) is 30.5 Å². The Hall–Kier alpha value is -3.34. The maximum Gasteiger partial charge on any atom is 0.291 e. The molecule has 0 fully saturated rings. The van der Waals surface area contributed by atoms with E-state index in [4.69, 9.17) is 4.42 Å². The van der Waals surface area contributed by atoms with Crippen molar-refractivity contribution in [2.75, 3.05) is 18.9 Å². The summed E-state index contributed by atoms with van der Waals surface area (Å²) in [5.41, 5.74) is 3.70. The molecule has 0 aliphatic heterocycles. The highest BCUT2D eigenvalue weighted by atomic mass is 127. The van der Waals surface area contributed by atoms with Crippen molar-refractivity contribution >= 4 is 52.4 Å². The molecule has 2 heterocycles. The molecule has 0 spiro atoms. The van der Waals surface area contributed by atoms with E-state index in [9.17, 15) is 9.18 Å². The van der Waals surface area contributed by atoms with Crippen molar-refractivity contribution in [3.63, 3.8) is 0 Å². The number of nitrogens with one attached hydrogen (secondary N) is 4. The number of aliphatic imine (C=N–C) groups is 1. The van der Waals surface area contributed by atoms with E-state index >= 15 is 0 Å². The number of carbonyl (C=O) groups excluding carboxylic acids is 1. The molecule has 172 valence electrons. The van der Waals surface area contributed by atoms with E-state index in [1.54, 1.807) is 31.3 Å². The Labute approximate surface area is 207 Å². The number of hydrogen-bond acceptors (Lipinski definition) is 3. The van der Waals surface area contributed by atoms with Crippen molar-refractivity contribution in [2.45, 2.75) is 13.0 Å². The standard InChI is InChI=1S/C24H24FN5O2.HI/c1-26-24(27-11-10-17-15-28-21-9-6-18(25)13-20(17)21)29-14-16-4-7-19(8-5-16)30-23(31)22-3-2-12-32-22;/h2-9,12-13,15,28H,10-11,14H2,1H3,(H,30,31)(H2,26,27,29);1H. The van der Waals surface area contributed by atoms with Crippen LogP contribution in [0.3, 0.4) is 0 Å². The SMILES string of the molecule is CN=C(NCCc1c[nH]c2ccc(F)cc12)NCc1ccc(NC(=O)c2ccco2)cc1.I. The van der Waals surface area contributed by atoms with E-state index < -0.39 is 0 Å². The number of fused-ring (bicyclic) bond motifs is 1. The first-order valence-electron chi connectivity index (χ1n) is 10.3. The van der Waals surface area contributed by atoms with Crippen LogP contribution < -0.4 is 16.0 Å². The molecule has 0 bridgehead atoms. The van der Waals surface area contributed by atoms with Crippen molar-refractivity contribution in [2.24, 2.45) is 4.99 Å². The van der Waals surface area contributed by atoms with Crippen molar-refractivity contribution < 1.29 is 13.6 Å². The fourth-order valence-electron chi connectivity index (χ4n) is 3.39. The summed E-state index contributed by atoms with van der Waals surface area (Å²) in [6, 6.07) is 15.6. The van der Waals surface area contributed by atoms with Crippen LogP contribution in [-0.2, 0) is 13.0 Å². The lowest BCUT2D eigenvalue weighted by Gasteiger charge is -2.12. The van der Waals surface area contributed by atoms with Gasteiger partial charge in [-0.3, -0.25) is 9.79 Å². The van der Waals surface area contributed by atoms with Gasteiger partial charge in [-0.05, 0) is 60.0 Å². The zero-order valence-corrected chi connectivity index (χ0v) is 20.4. The molecule has 33 heavy (non-hydrogen) atoms. The van der Waals surface area contributed by atoms with Gasteiger partial charge in [-0.1, -0.05) is 12.1 Å². The van der Waals surface area contributed by atoms with Gasteiger partial charge < -0.3 is 25.4 Å². The lowest BCUT2D eigenvalue weighted by molar-refractivity contribution is 0.0996. The molecule has 4 N–H and O–H groups in total. The average Bonchev–Trinajstić information content (AvgIpc) is 3.47. The fourth-order valence-corrected chi connectivity index (χ4v) is 3.39. The molecule has 0 saturated carbocycles. The first-order valence-corrected chi connectivity index (χ1v) is 10.3. The van der Waals surface area contributed by atoms with Crippen molar-refractivity contribution in [3.05, 3.63) is 89.8 Å². The molecule has 0 aliphatic rings. The summed E-state index contributed by atoms with van der Waals surface area (Å²) in [4.78, 5) is 19.4. The van der Waals surface area contributed by atoms with Crippen molar-refractivity contribution in [1.29, 1.82) is 0 Å². The summed E-state index contributed by atoms with van der Waals surface area (Å²) in [5, 5.41) is 10.2. The minimum absolute atomic E-state index is 0. The first-order chi connectivity index (χ1) is 15.6. The summed E-state index contributed by atoms with van der Waals surface area (Å²) in [6.45, 7) is 1.23. The Morgan fingerprint density at radius 3 is 2.67 bits per heavy atom. The number of anilines is 1. The fraction of sp³-hybridized carbons (Fsp3) is 0.167. The number of amides is 1. The lowest BCUT2D eigenvalue weighted by atomic mass is 10.1. The summed E-state index contributed by atoms with van der Waals surface area (Å²) in [6.07, 6.45) is 4.10. The third-order valence-corrected chi connectivity index (χ3v) is 5.06. The molecule has 1 amide bonds. The van der Waals surface area contributed by atoms with E-state index in [-0.39, 0.29) is 41.5 Å². The summed E-state index contributed by atoms with van der Waals surface area (Å²) < 4.78 is 18.6. The van der Waals surface area contributed by atoms with Crippen molar-refractivity contribution in [1.82, 2.24) is 15.6 Å². The largest absolute Gasteiger partial charge is 0.459 e. The Kier molecular flexibility index (Phi) is 8.47. The Morgan fingerprint density at radius 2 is 1.94 bits per heavy atom. The number of carbonyl (C=O) groups is 1. The van der Waals surface area contributed by atoms with E-state index in [2.05, 4.69) is 25.9 Å². The predicted molar refractivity (Wildman–Crippen MR) is 139 cm³/mol. The second-order valence-electron chi connectivity index (χ2n) is 7.23. The molecule has 4 rings (SSSR count). The van der Waals surface area contributed by atoms with Crippen LogP contribution in [0.5, 0.6) is 0 Å². The van der Waals surface area contributed by atoms with Crippen LogP contribution in [0.4, 0.5) is 10.1 Å². The predicted octanol–water partition coefficient (Wildman–Crippen LogP) is 4.68. The van der Waals surface area contributed by atoms with E-state index in [1.165, 1.54) is 12.3 Å². The van der Waals surface area contributed by atoms with Crippen LogP contribution in [-0.4, -0.2) is 30.4 Å². The maximum atomic E-state index is 13.5. The van der Waals surface area contributed by atoms with E-state index in [0.717, 1.165) is 28.5 Å². The minimum atomic E-state index is -0.289. The average molecular weight is 561 g/mol. The third kappa shape index (κ3) is 6.35. The molecular weight excluding hydrogens is 536 g/mol. The van der Waals surface area contributed by atoms with Crippen LogP contribution in [0, 0.1) is 5.82 Å². The van der Waals surface area contributed by atoms with Gasteiger partial charge in [0, 0.05) is 42.9 Å². The number of aromatic amines is 1. The third-order valence-electron chi connectivity index (χ3n) is 5.06. The van der Waals surface area contributed by atoms with Crippen LogP contribution in [0.15, 0.2) is 76.5 Å². The number of aromatic nitrogens is 1. The summed E-state index contributed by atoms with van der Waals surface area (Å²) in [5.74, 6) is 0.411. The van der Waals surface area contributed by atoms with Gasteiger partial charge in [-0.25, -0.2) is 4.39 Å². The molecule has 0 unspecified atom stereocenters. The first kappa shape index (κ1) is 24.3. The van der Waals surface area contributed by atoms with Gasteiger partial charge in [0.15, 0.2) is 11.7 Å². The molecule has 0 aliphatic carbocycles. The molecule has 9 heteroatoms. The second-order valence-corrected chi connectivity index (χ2v) is 7.23. The summed E-state index contributed by atoms with van der Waals surface area (Å²) in [7, 11) is 1.71. The highest BCUT2D eigenvalue weighted by molar-refractivity contribution is 14.0. The van der Waals surface area contributed by atoms with Gasteiger partial charge in [0.1, 0.15) is 5.82 Å². The zero-order chi connectivity index (χ0) is 22.3. The molecule has 0 saturated heterocycles. The number of H-pyrrole nitrogens is 1. The number of guanidine groups is 1. The van der Waals surface area contributed by atoms with Gasteiger partial charge in [-0.15, -0.1) is 24.0 Å². The monoisotopic (exact) mass is 561 g/mol. The molecule has 0 radical (unpaired) electrons. The molecule has 2 aromatic heterocycles. The van der Waals surface area contributed by atoms with Crippen LogP contribution in [0.1, 0.15) is 21.7 Å². The number of nitrogens with zero attached hydrogens (tertiary/aromatic N) is 1. The number of benzene rings is 2. The highest BCUT2D eigenvalue weighted by Crippen LogP contribution is 2.19. The number of hydrogen-bond donors (Lipinski definition) is 4. The molecular formula is C24H25FIN5O2. The Bertz CT molecular complexity index is 1220. The summed E-state index contributed by atoms with van der Waals surface area (Å²) >= 11 is 0. The van der Waals surface area contributed by atoms with Gasteiger partial charge >= 0.3 is 0 Å². The van der Waals surface area contributed by atoms with Gasteiger partial charge in [0.25, 0.3) is 5.91 Å². The minimum Gasteiger partial charge on any atom is -0.459 e. The van der Waals surface area contributed by atoms with Crippen LogP contribution in [0.25, 0.3) is 10.9 Å². The van der Waals surface area contributed by atoms with Crippen LogP contribution in [0.2, 0.25) is 0 Å². The van der Waals surface area contributed by atoms with Gasteiger partial charge in [0.2, 0.25) is 0 Å². The topological polar surface area (TPSA) is 94.5 Å². The quantitative estimate of drug-likeness (QED) is 0.150. The number of halogens is 2. The van der Waals surface area contributed by atoms with Gasteiger partial charge in [0.05, 0.1) is 6.26 Å². The molecule has 4 aromatic rings. The molecule has 7 nitrogen and oxygen atoms in total. The van der Waals surface area contributed by atoms with Crippen molar-refractivity contribution in [3.8, 4) is 0 Å². The maximum absolute atomic E-state index is 13.5. The Morgan fingerprint density at radius 1 is 1.12 bits per heavy atom. The molecule has 0 atom stereocenters. The normalized spacial score (nSPS) is 11.2. The molecule has 2 aromatic carbocycles. The van der Waals surface area contributed by atoms with Gasteiger partial charge in [-0.2, -0.15) is 0 Å². The highest BCUT2D eigenvalue weighted by Gasteiger charge is 2.09. The Balaban J connectivity index is 0.00000306.